The number of aromatic hydroxyl groups is 1. The van der Waals surface area contributed by atoms with E-state index in [0.717, 1.165) is 12.0 Å². The first kappa shape index (κ1) is 23.5. The quantitative estimate of drug-likeness (QED) is 0.680. The Balaban J connectivity index is 1.63. The van der Waals surface area contributed by atoms with Gasteiger partial charge in [0, 0.05) is 18.9 Å². The predicted molar refractivity (Wildman–Crippen MR) is 113 cm³/mol. The van der Waals surface area contributed by atoms with Gasteiger partial charge >= 0.3 is 5.97 Å². The van der Waals surface area contributed by atoms with Crippen molar-refractivity contribution in [2.24, 2.45) is 5.92 Å². The summed E-state index contributed by atoms with van der Waals surface area (Å²) in [7, 11) is 1.36. The Labute approximate surface area is 185 Å². The van der Waals surface area contributed by atoms with Crippen molar-refractivity contribution in [2.45, 2.75) is 38.3 Å². The fourth-order valence-electron chi connectivity index (χ4n) is 3.67. The lowest BCUT2D eigenvalue weighted by molar-refractivity contribution is -0.154. The molecule has 2 heterocycles. The molecule has 1 aliphatic rings. The van der Waals surface area contributed by atoms with Gasteiger partial charge in [0.15, 0.2) is 23.2 Å². The molecule has 172 valence electrons. The number of hydrogen-bond acceptors (Lipinski definition) is 7. The number of nitrogens with zero attached hydrogens (tertiary/aromatic N) is 1. The van der Waals surface area contributed by atoms with E-state index in [2.05, 4.69) is 10.3 Å². The zero-order chi connectivity index (χ0) is 23.1. The Bertz CT molecular complexity index is 937. The van der Waals surface area contributed by atoms with E-state index in [1.54, 1.807) is 19.1 Å². The number of rotatable bonds is 5. The van der Waals surface area contributed by atoms with Gasteiger partial charge in [-0.2, -0.15) is 0 Å². The predicted octanol–water partition coefficient (Wildman–Crippen LogP) is 2.63. The van der Waals surface area contributed by atoms with E-state index in [0.29, 0.717) is 19.4 Å². The standard InChI is InChI=1S/C23H27FN2O6/c1-14-11-16(12-15-3-5-17(24)6-4-15)8-10-31-13-18(23(29)32-14)26-22(28)20-21(27)19(30-2)7-9-25-20/h3-7,9,14,16,18,27H,8,10-13H2,1-2H3,(H,26,28)/t14?,16?,18-/m0/s1. The number of cyclic esters (lactones) is 1. The number of hydrogen-bond donors (Lipinski definition) is 2. The smallest absolute Gasteiger partial charge is 0.331 e. The number of methoxy groups -OCH3 is 1. The molecule has 3 rings (SSSR count). The first-order valence-electron chi connectivity index (χ1n) is 10.4. The van der Waals surface area contributed by atoms with Gasteiger partial charge in [-0.1, -0.05) is 12.1 Å². The zero-order valence-electron chi connectivity index (χ0n) is 18.0. The molecule has 1 saturated heterocycles. The number of ether oxygens (including phenoxy) is 3. The van der Waals surface area contributed by atoms with Crippen LogP contribution in [0.2, 0.25) is 0 Å². The summed E-state index contributed by atoms with van der Waals surface area (Å²) in [6.45, 7) is 2.11. The molecule has 3 atom stereocenters. The summed E-state index contributed by atoms with van der Waals surface area (Å²) in [6.07, 6.45) is 2.98. The second-order valence-corrected chi connectivity index (χ2v) is 7.78. The molecule has 1 aliphatic heterocycles. The molecular weight excluding hydrogens is 419 g/mol. The fraction of sp³-hybridized carbons (Fsp3) is 0.435. The molecule has 2 N–H and O–H groups in total. The van der Waals surface area contributed by atoms with Gasteiger partial charge in [-0.25, -0.2) is 14.2 Å². The van der Waals surface area contributed by atoms with Crippen molar-refractivity contribution >= 4 is 11.9 Å². The van der Waals surface area contributed by atoms with Crippen LogP contribution in [0, 0.1) is 11.7 Å². The molecule has 2 unspecified atom stereocenters. The Morgan fingerprint density at radius 3 is 2.78 bits per heavy atom. The third-order valence-electron chi connectivity index (χ3n) is 5.29. The highest BCUT2D eigenvalue weighted by Crippen LogP contribution is 2.27. The minimum absolute atomic E-state index is 0.0781. The summed E-state index contributed by atoms with van der Waals surface area (Å²) in [5.41, 5.74) is 0.740. The molecule has 0 radical (unpaired) electrons. The van der Waals surface area contributed by atoms with Crippen LogP contribution in [0.4, 0.5) is 4.39 Å². The van der Waals surface area contributed by atoms with Crippen molar-refractivity contribution in [3.63, 3.8) is 0 Å². The van der Waals surface area contributed by atoms with Crippen LogP contribution in [-0.2, 0) is 20.7 Å². The summed E-state index contributed by atoms with van der Waals surface area (Å²) in [5.74, 6) is -1.79. The van der Waals surface area contributed by atoms with Crippen LogP contribution in [0.3, 0.4) is 0 Å². The molecule has 1 fully saturated rings. The number of halogens is 1. The van der Waals surface area contributed by atoms with Crippen molar-refractivity contribution in [1.29, 1.82) is 0 Å². The third-order valence-corrected chi connectivity index (χ3v) is 5.29. The highest BCUT2D eigenvalue weighted by atomic mass is 19.1. The lowest BCUT2D eigenvalue weighted by atomic mass is 9.91. The molecule has 0 saturated carbocycles. The van der Waals surface area contributed by atoms with Crippen LogP contribution >= 0.6 is 0 Å². The van der Waals surface area contributed by atoms with Crippen molar-refractivity contribution in [3.8, 4) is 11.5 Å². The first-order chi connectivity index (χ1) is 15.4. The number of carbonyl (C=O) groups excluding carboxylic acids is 2. The molecule has 1 aromatic heterocycles. The number of benzene rings is 1. The average Bonchev–Trinajstić information content (AvgIpc) is 2.76. The van der Waals surface area contributed by atoms with Crippen LogP contribution in [-0.4, -0.2) is 54.4 Å². The zero-order valence-corrected chi connectivity index (χ0v) is 18.0. The van der Waals surface area contributed by atoms with Gasteiger partial charge in [-0.3, -0.25) is 4.79 Å². The summed E-state index contributed by atoms with van der Waals surface area (Å²) in [6, 6.07) is 6.72. The average molecular weight is 446 g/mol. The van der Waals surface area contributed by atoms with Crippen molar-refractivity contribution in [1.82, 2.24) is 10.3 Å². The minimum atomic E-state index is -1.05. The maximum atomic E-state index is 13.2. The van der Waals surface area contributed by atoms with E-state index < -0.39 is 23.7 Å². The van der Waals surface area contributed by atoms with Gasteiger partial charge in [0.05, 0.1) is 19.8 Å². The van der Waals surface area contributed by atoms with Crippen LogP contribution in [0.15, 0.2) is 36.5 Å². The summed E-state index contributed by atoms with van der Waals surface area (Å²) < 4.78 is 29.3. The van der Waals surface area contributed by atoms with Gasteiger partial charge in [-0.05, 0) is 49.8 Å². The molecule has 0 spiro atoms. The Morgan fingerprint density at radius 2 is 2.06 bits per heavy atom. The molecule has 8 nitrogen and oxygen atoms in total. The van der Waals surface area contributed by atoms with Crippen LogP contribution < -0.4 is 10.1 Å². The molecule has 1 amide bonds. The number of amides is 1. The SMILES string of the molecule is COc1ccnc(C(=O)N[C@H]2COCCC(Cc3ccc(F)cc3)CC(C)OC2=O)c1O. The Kier molecular flexibility index (Phi) is 7.99. The molecule has 9 heteroatoms. The summed E-state index contributed by atoms with van der Waals surface area (Å²) >= 11 is 0. The number of nitrogens with one attached hydrogen (secondary N) is 1. The number of esters is 1. The summed E-state index contributed by atoms with van der Waals surface area (Å²) in [5, 5.41) is 12.6. The van der Waals surface area contributed by atoms with Crippen LogP contribution in [0.5, 0.6) is 11.5 Å². The highest BCUT2D eigenvalue weighted by Gasteiger charge is 2.29. The van der Waals surface area contributed by atoms with Gasteiger partial charge in [-0.15, -0.1) is 0 Å². The second kappa shape index (κ2) is 10.9. The molecule has 0 bridgehead atoms. The Hall–Kier alpha value is -3.20. The van der Waals surface area contributed by atoms with Crippen molar-refractivity contribution < 1.29 is 33.3 Å². The molecule has 1 aromatic carbocycles. The lowest BCUT2D eigenvalue weighted by Gasteiger charge is -2.26. The van der Waals surface area contributed by atoms with Gasteiger partial charge in [0.2, 0.25) is 0 Å². The van der Waals surface area contributed by atoms with E-state index in [-0.39, 0.29) is 35.9 Å². The minimum Gasteiger partial charge on any atom is -0.503 e. The molecule has 0 aliphatic carbocycles. The van der Waals surface area contributed by atoms with E-state index in [4.69, 9.17) is 14.2 Å². The van der Waals surface area contributed by atoms with Gasteiger partial charge in [0.25, 0.3) is 5.91 Å². The second-order valence-electron chi connectivity index (χ2n) is 7.78. The fourth-order valence-corrected chi connectivity index (χ4v) is 3.67. The maximum absolute atomic E-state index is 13.2. The number of aromatic nitrogens is 1. The van der Waals surface area contributed by atoms with E-state index in [9.17, 15) is 19.1 Å². The molecule has 32 heavy (non-hydrogen) atoms. The monoisotopic (exact) mass is 446 g/mol. The lowest BCUT2D eigenvalue weighted by Crippen LogP contribution is -2.46. The molecular formula is C23H27FN2O6. The van der Waals surface area contributed by atoms with E-state index in [1.807, 2.05) is 0 Å². The van der Waals surface area contributed by atoms with Crippen LogP contribution in [0.25, 0.3) is 0 Å². The van der Waals surface area contributed by atoms with Crippen LogP contribution in [0.1, 0.15) is 35.8 Å². The Morgan fingerprint density at radius 1 is 1.31 bits per heavy atom. The maximum Gasteiger partial charge on any atom is 0.331 e. The van der Waals surface area contributed by atoms with E-state index >= 15 is 0 Å². The molecule has 2 aromatic rings. The first-order valence-corrected chi connectivity index (χ1v) is 10.4. The normalized spacial score (nSPS) is 22.0. The van der Waals surface area contributed by atoms with Gasteiger partial charge < -0.3 is 24.6 Å². The van der Waals surface area contributed by atoms with E-state index in [1.165, 1.54) is 31.5 Å². The highest BCUT2D eigenvalue weighted by molar-refractivity contribution is 5.98. The third kappa shape index (κ3) is 6.16. The van der Waals surface area contributed by atoms with Gasteiger partial charge in [0.1, 0.15) is 5.82 Å². The van der Waals surface area contributed by atoms with Crippen molar-refractivity contribution in [3.05, 3.63) is 53.6 Å². The number of carbonyl (C=O) groups is 2. The summed E-state index contributed by atoms with van der Waals surface area (Å²) in [4.78, 5) is 29.1. The topological polar surface area (TPSA) is 107 Å². The largest absolute Gasteiger partial charge is 0.503 e. The van der Waals surface area contributed by atoms with Crippen molar-refractivity contribution in [2.75, 3.05) is 20.3 Å². The number of pyridine rings is 1.